The van der Waals surface area contributed by atoms with Crippen LogP contribution in [0.1, 0.15) is 45.6 Å². The van der Waals surface area contributed by atoms with E-state index in [9.17, 15) is 14.7 Å². The van der Waals surface area contributed by atoms with Crippen LogP contribution in [0.2, 0.25) is 0 Å². The van der Waals surface area contributed by atoms with E-state index in [0.717, 1.165) is 48.1 Å². The van der Waals surface area contributed by atoms with Crippen LogP contribution in [-0.4, -0.2) is 26.2 Å². The number of fused-ring (bicyclic) bond motifs is 1. The lowest BCUT2D eigenvalue weighted by atomic mass is 9.90. The molecule has 7 nitrogen and oxygen atoms in total. The first-order valence-corrected chi connectivity index (χ1v) is 9.25. The SMILES string of the molecule is O=C(Nc1cccc(Cc2n[nH]c(=O)c3c2CCCC3)c1)c1cccnc1O. The maximum atomic E-state index is 12.4. The highest BCUT2D eigenvalue weighted by atomic mass is 16.3. The van der Waals surface area contributed by atoms with E-state index in [1.54, 1.807) is 12.1 Å². The van der Waals surface area contributed by atoms with E-state index < -0.39 is 5.91 Å². The van der Waals surface area contributed by atoms with Gasteiger partial charge in [-0.2, -0.15) is 5.10 Å². The summed E-state index contributed by atoms with van der Waals surface area (Å²) in [6, 6.07) is 10.6. The number of carbonyl (C=O) groups excluding carboxylic acids is 1. The van der Waals surface area contributed by atoms with E-state index in [4.69, 9.17) is 0 Å². The van der Waals surface area contributed by atoms with Gasteiger partial charge in [0.05, 0.1) is 5.69 Å². The van der Waals surface area contributed by atoms with Gasteiger partial charge in [0, 0.05) is 23.9 Å². The molecule has 3 aromatic rings. The van der Waals surface area contributed by atoms with Gasteiger partial charge in [-0.05, 0) is 61.1 Å². The quantitative estimate of drug-likeness (QED) is 0.649. The summed E-state index contributed by atoms with van der Waals surface area (Å²) < 4.78 is 0. The fraction of sp³-hybridized carbons (Fsp3) is 0.238. The summed E-state index contributed by atoms with van der Waals surface area (Å²) in [6.45, 7) is 0. The van der Waals surface area contributed by atoms with Gasteiger partial charge in [0.1, 0.15) is 5.56 Å². The number of carbonyl (C=O) groups is 1. The summed E-state index contributed by atoms with van der Waals surface area (Å²) >= 11 is 0. The molecule has 1 aliphatic carbocycles. The molecule has 1 aliphatic rings. The van der Waals surface area contributed by atoms with Crippen molar-refractivity contribution >= 4 is 11.6 Å². The van der Waals surface area contributed by atoms with Crippen molar-refractivity contribution in [1.29, 1.82) is 0 Å². The highest BCUT2D eigenvalue weighted by Gasteiger charge is 2.18. The van der Waals surface area contributed by atoms with Gasteiger partial charge in [-0.25, -0.2) is 10.1 Å². The van der Waals surface area contributed by atoms with Crippen LogP contribution in [0.4, 0.5) is 5.69 Å². The second-order valence-corrected chi connectivity index (χ2v) is 6.87. The zero-order valence-electron chi connectivity index (χ0n) is 15.2. The molecule has 0 saturated heterocycles. The Morgan fingerprint density at radius 2 is 1.96 bits per heavy atom. The predicted molar refractivity (Wildman–Crippen MR) is 105 cm³/mol. The van der Waals surface area contributed by atoms with Crippen LogP contribution in [-0.2, 0) is 19.3 Å². The fourth-order valence-corrected chi connectivity index (χ4v) is 3.60. The van der Waals surface area contributed by atoms with E-state index in [1.807, 2.05) is 18.2 Å². The molecule has 2 heterocycles. The Morgan fingerprint density at radius 3 is 2.79 bits per heavy atom. The molecule has 142 valence electrons. The number of nitrogens with zero attached hydrogens (tertiary/aromatic N) is 2. The Balaban J connectivity index is 1.56. The van der Waals surface area contributed by atoms with E-state index >= 15 is 0 Å². The van der Waals surface area contributed by atoms with E-state index in [-0.39, 0.29) is 17.0 Å². The summed E-state index contributed by atoms with van der Waals surface area (Å²) in [5, 5.41) is 19.4. The first-order valence-electron chi connectivity index (χ1n) is 9.25. The first kappa shape index (κ1) is 17.9. The van der Waals surface area contributed by atoms with Crippen LogP contribution >= 0.6 is 0 Å². The molecular weight excluding hydrogens is 356 g/mol. The fourth-order valence-electron chi connectivity index (χ4n) is 3.60. The Kier molecular flexibility index (Phi) is 4.89. The Hall–Kier alpha value is -3.48. The van der Waals surface area contributed by atoms with E-state index in [0.29, 0.717) is 12.1 Å². The van der Waals surface area contributed by atoms with Gasteiger partial charge in [-0.3, -0.25) is 9.59 Å². The second kappa shape index (κ2) is 7.64. The molecule has 0 unspecified atom stereocenters. The summed E-state index contributed by atoms with van der Waals surface area (Å²) in [7, 11) is 0. The van der Waals surface area contributed by atoms with Gasteiger partial charge < -0.3 is 10.4 Å². The van der Waals surface area contributed by atoms with Crippen molar-refractivity contribution in [3.05, 3.63) is 80.9 Å². The number of amides is 1. The van der Waals surface area contributed by atoms with Gasteiger partial charge in [0.2, 0.25) is 5.88 Å². The minimum absolute atomic E-state index is 0.0873. The van der Waals surface area contributed by atoms with Crippen LogP contribution in [0, 0.1) is 0 Å². The van der Waals surface area contributed by atoms with Crippen LogP contribution < -0.4 is 10.9 Å². The van der Waals surface area contributed by atoms with E-state index in [2.05, 4.69) is 20.5 Å². The van der Waals surface area contributed by atoms with Crippen molar-refractivity contribution in [3.63, 3.8) is 0 Å². The second-order valence-electron chi connectivity index (χ2n) is 6.87. The number of H-pyrrole nitrogens is 1. The van der Waals surface area contributed by atoms with Crippen molar-refractivity contribution < 1.29 is 9.90 Å². The molecule has 0 spiro atoms. The smallest absolute Gasteiger partial charge is 0.267 e. The number of benzene rings is 1. The summed E-state index contributed by atoms with van der Waals surface area (Å²) in [4.78, 5) is 28.1. The van der Waals surface area contributed by atoms with Crippen LogP contribution in [0.5, 0.6) is 5.88 Å². The molecule has 0 saturated carbocycles. The van der Waals surface area contributed by atoms with Crippen molar-refractivity contribution in [1.82, 2.24) is 15.2 Å². The highest BCUT2D eigenvalue weighted by molar-refractivity contribution is 6.05. The normalized spacial score (nSPS) is 13.0. The molecule has 0 radical (unpaired) electrons. The number of hydrogen-bond acceptors (Lipinski definition) is 5. The van der Waals surface area contributed by atoms with Crippen LogP contribution in [0.25, 0.3) is 0 Å². The third-order valence-electron chi connectivity index (χ3n) is 4.97. The number of pyridine rings is 1. The number of hydrogen-bond donors (Lipinski definition) is 3. The zero-order chi connectivity index (χ0) is 19.5. The first-order chi connectivity index (χ1) is 13.6. The van der Waals surface area contributed by atoms with Crippen molar-refractivity contribution in [2.24, 2.45) is 0 Å². The maximum absolute atomic E-state index is 12.4. The Labute approximate surface area is 161 Å². The Morgan fingerprint density at radius 1 is 1.14 bits per heavy atom. The van der Waals surface area contributed by atoms with Crippen molar-refractivity contribution in [2.75, 3.05) is 5.32 Å². The van der Waals surface area contributed by atoms with Crippen LogP contribution in [0.15, 0.2) is 47.4 Å². The average Bonchev–Trinajstić information content (AvgIpc) is 2.71. The minimum Gasteiger partial charge on any atom is -0.493 e. The standard InChI is InChI=1S/C21H20N4O3/c26-19-17(9-4-10-22-19)20(27)23-14-6-3-5-13(11-14)12-18-15-7-1-2-8-16(15)21(28)25-24-18/h3-6,9-11H,1-2,7-8,12H2,(H,22,26)(H,23,27)(H,25,28). The number of aromatic amines is 1. The van der Waals surface area contributed by atoms with Gasteiger partial charge in [-0.15, -0.1) is 0 Å². The molecule has 2 aromatic heterocycles. The lowest BCUT2D eigenvalue weighted by Crippen LogP contribution is -2.23. The van der Waals surface area contributed by atoms with Gasteiger partial charge in [0.15, 0.2) is 0 Å². The summed E-state index contributed by atoms with van der Waals surface area (Å²) in [5.41, 5.74) is 4.41. The lowest BCUT2D eigenvalue weighted by molar-refractivity contribution is 0.102. The van der Waals surface area contributed by atoms with Crippen LogP contribution in [0.3, 0.4) is 0 Å². The molecule has 28 heavy (non-hydrogen) atoms. The number of nitrogens with one attached hydrogen (secondary N) is 2. The lowest BCUT2D eigenvalue weighted by Gasteiger charge is -2.17. The number of aromatic nitrogens is 3. The predicted octanol–water partition coefficient (Wildman–Crippen LogP) is 2.59. The third kappa shape index (κ3) is 3.64. The number of anilines is 1. The average molecular weight is 376 g/mol. The molecule has 4 rings (SSSR count). The zero-order valence-corrected chi connectivity index (χ0v) is 15.2. The maximum Gasteiger partial charge on any atom is 0.267 e. The molecule has 0 bridgehead atoms. The number of aromatic hydroxyl groups is 1. The topological polar surface area (TPSA) is 108 Å². The van der Waals surface area contributed by atoms with Gasteiger partial charge in [-0.1, -0.05) is 12.1 Å². The molecule has 0 atom stereocenters. The molecule has 1 amide bonds. The molecule has 0 fully saturated rings. The van der Waals surface area contributed by atoms with E-state index in [1.165, 1.54) is 12.3 Å². The van der Waals surface area contributed by atoms with Gasteiger partial charge >= 0.3 is 0 Å². The Bertz CT molecular complexity index is 1090. The molecule has 3 N–H and O–H groups in total. The number of rotatable bonds is 4. The third-order valence-corrected chi connectivity index (χ3v) is 4.97. The largest absolute Gasteiger partial charge is 0.493 e. The summed E-state index contributed by atoms with van der Waals surface area (Å²) in [5.74, 6) is -0.734. The van der Waals surface area contributed by atoms with Crippen molar-refractivity contribution in [2.45, 2.75) is 32.1 Å². The van der Waals surface area contributed by atoms with Gasteiger partial charge in [0.25, 0.3) is 11.5 Å². The molecule has 1 aromatic carbocycles. The minimum atomic E-state index is -0.428. The van der Waals surface area contributed by atoms with Crippen molar-refractivity contribution in [3.8, 4) is 5.88 Å². The summed E-state index contributed by atoms with van der Waals surface area (Å²) in [6.07, 6.45) is 5.76. The monoisotopic (exact) mass is 376 g/mol. The molecular formula is C21H20N4O3. The molecule has 0 aliphatic heterocycles. The highest BCUT2D eigenvalue weighted by Crippen LogP contribution is 2.23. The molecule has 7 heteroatoms.